The van der Waals surface area contributed by atoms with E-state index in [1.54, 1.807) is 0 Å². The Bertz CT molecular complexity index is 3310. The SMILES string of the molecule is CC1(C)c2ccccc2-c2ccc(-c3ccc4c(-c5ccc(-c6ccc7ccccc7c6)cc5)c5ccccc5c(-c5ccc6c(c5)C(C)(C)C5C=CC=CC65)c4c3)cc21. The van der Waals surface area contributed by atoms with Gasteiger partial charge in [-0.15, -0.1) is 0 Å². The highest BCUT2D eigenvalue weighted by molar-refractivity contribution is 6.22. The lowest BCUT2D eigenvalue weighted by molar-refractivity contribution is 0.394. The smallest absolute Gasteiger partial charge is 0.0159 e. The summed E-state index contributed by atoms with van der Waals surface area (Å²) in [6, 6.07) is 64.5. The molecular formula is C60H46. The molecule has 0 amide bonds. The van der Waals surface area contributed by atoms with Gasteiger partial charge in [0.15, 0.2) is 0 Å². The Morgan fingerprint density at radius 2 is 0.933 bits per heavy atom. The summed E-state index contributed by atoms with van der Waals surface area (Å²) < 4.78 is 0. The Labute approximate surface area is 353 Å². The molecule has 9 aromatic carbocycles. The van der Waals surface area contributed by atoms with Gasteiger partial charge in [-0.2, -0.15) is 0 Å². The largest absolute Gasteiger partial charge is 0.0796 e. The van der Waals surface area contributed by atoms with Crippen LogP contribution in [-0.4, -0.2) is 0 Å². The van der Waals surface area contributed by atoms with Gasteiger partial charge in [0, 0.05) is 11.3 Å². The molecule has 0 aliphatic heterocycles. The molecule has 9 aromatic rings. The minimum absolute atomic E-state index is 0.0234. The van der Waals surface area contributed by atoms with E-state index in [-0.39, 0.29) is 10.8 Å². The van der Waals surface area contributed by atoms with E-state index in [4.69, 9.17) is 0 Å². The van der Waals surface area contributed by atoms with Crippen LogP contribution in [0.2, 0.25) is 0 Å². The highest BCUT2D eigenvalue weighted by Crippen LogP contribution is 2.55. The Morgan fingerprint density at radius 3 is 1.77 bits per heavy atom. The number of rotatable bonds is 4. The third-order valence-corrected chi connectivity index (χ3v) is 14.6. The molecule has 2 unspecified atom stereocenters. The molecule has 0 heteroatoms. The van der Waals surface area contributed by atoms with Gasteiger partial charge < -0.3 is 0 Å². The van der Waals surface area contributed by atoms with E-state index in [1.165, 1.54) is 110 Å². The molecule has 286 valence electrons. The third-order valence-electron chi connectivity index (χ3n) is 14.6. The van der Waals surface area contributed by atoms with Gasteiger partial charge >= 0.3 is 0 Å². The standard InChI is InChI=1S/C60H46/c1-59(2)53-19-11-9-15-45(53)47-30-27-43(35-55(47)59)42-28-32-51-52(34-42)58(44-29-31-48-46-16-10-12-20-54(46)60(3,4)56(48)36-44)50-18-8-7-17-49(50)57(51)39-24-21-38(22-25-39)41-26-23-37-13-5-6-14-40(37)33-41/h5-36,46,54H,1-4H3. The quantitative estimate of drug-likeness (QED) is 0.157. The molecule has 0 spiro atoms. The van der Waals surface area contributed by atoms with Crippen LogP contribution in [0, 0.1) is 5.92 Å². The topological polar surface area (TPSA) is 0 Å². The maximum atomic E-state index is 2.54. The Balaban J connectivity index is 1.08. The first kappa shape index (κ1) is 35.2. The second-order valence-electron chi connectivity index (χ2n) is 18.5. The van der Waals surface area contributed by atoms with Crippen LogP contribution in [-0.2, 0) is 10.8 Å². The zero-order valence-corrected chi connectivity index (χ0v) is 34.6. The lowest BCUT2D eigenvalue weighted by Gasteiger charge is -2.29. The Morgan fingerprint density at radius 1 is 0.367 bits per heavy atom. The zero-order valence-electron chi connectivity index (χ0n) is 34.6. The molecule has 0 aromatic heterocycles. The fourth-order valence-corrected chi connectivity index (χ4v) is 11.4. The van der Waals surface area contributed by atoms with Gasteiger partial charge in [-0.3, -0.25) is 0 Å². The van der Waals surface area contributed by atoms with E-state index >= 15 is 0 Å². The molecule has 0 fully saturated rings. The van der Waals surface area contributed by atoms with E-state index in [9.17, 15) is 0 Å². The fraction of sp³-hybridized carbons (Fsp3) is 0.133. The molecule has 2 atom stereocenters. The lowest BCUT2D eigenvalue weighted by atomic mass is 9.74. The van der Waals surface area contributed by atoms with Crippen LogP contribution < -0.4 is 0 Å². The summed E-state index contributed by atoms with van der Waals surface area (Å²) in [7, 11) is 0. The van der Waals surface area contributed by atoms with Crippen LogP contribution in [0.1, 0.15) is 55.9 Å². The summed E-state index contributed by atoms with van der Waals surface area (Å²) in [5.74, 6) is 0.882. The fourth-order valence-electron chi connectivity index (χ4n) is 11.4. The van der Waals surface area contributed by atoms with Crippen molar-refractivity contribution in [3.8, 4) is 55.6 Å². The van der Waals surface area contributed by atoms with Gasteiger partial charge in [-0.05, 0) is 140 Å². The van der Waals surface area contributed by atoms with Crippen molar-refractivity contribution in [3.63, 3.8) is 0 Å². The monoisotopic (exact) mass is 766 g/mol. The third kappa shape index (κ3) is 5.10. The van der Waals surface area contributed by atoms with Crippen molar-refractivity contribution in [2.75, 3.05) is 0 Å². The first-order valence-corrected chi connectivity index (χ1v) is 21.6. The normalized spacial score (nSPS) is 17.8. The van der Waals surface area contributed by atoms with Crippen LogP contribution in [0.3, 0.4) is 0 Å². The minimum Gasteiger partial charge on any atom is -0.0796 e. The Hall–Kier alpha value is -6.76. The van der Waals surface area contributed by atoms with Crippen molar-refractivity contribution < 1.29 is 0 Å². The summed E-state index contributed by atoms with van der Waals surface area (Å²) in [6.07, 6.45) is 9.31. The number of hydrogen-bond acceptors (Lipinski definition) is 0. The van der Waals surface area contributed by atoms with E-state index in [0.717, 1.165) is 0 Å². The van der Waals surface area contributed by atoms with Crippen LogP contribution in [0.25, 0.3) is 88.0 Å². The van der Waals surface area contributed by atoms with Crippen molar-refractivity contribution in [1.82, 2.24) is 0 Å². The summed E-state index contributed by atoms with van der Waals surface area (Å²) in [5, 5.41) is 7.66. The van der Waals surface area contributed by atoms with Gasteiger partial charge in [0.2, 0.25) is 0 Å². The average molecular weight is 767 g/mol. The molecule has 3 aliphatic carbocycles. The van der Waals surface area contributed by atoms with Gasteiger partial charge in [-0.1, -0.05) is 204 Å². The van der Waals surface area contributed by atoms with Crippen molar-refractivity contribution in [2.45, 2.75) is 44.4 Å². The summed E-state index contributed by atoms with van der Waals surface area (Å²) in [5.41, 5.74) is 18.5. The molecule has 0 nitrogen and oxygen atoms in total. The number of fused-ring (bicyclic) bond motifs is 9. The van der Waals surface area contributed by atoms with Gasteiger partial charge in [0.1, 0.15) is 0 Å². The molecule has 0 saturated heterocycles. The molecule has 0 heterocycles. The molecule has 0 N–H and O–H groups in total. The van der Waals surface area contributed by atoms with Crippen LogP contribution in [0.5, 0.6) is 0 Å². The second kappa shape index (κ2) is 12.9. The van der Waals surface area contributed by atoms with Crippen molar-refractivity contribution in [3.05, 3.63) is 216 Å². The first-order valence-electron chi connectivity index (χ1n) is 21.6. The number of allylic oxidation sites excluding steroid dienone is 4. The summed E-state index contributed by atoms with van der Waals surface area (Å²) >= 11 is 0. The minimum atomic E-state index is -0.0644. The predicted octanol–water partition coefficient (Wildman–Crippen LogP) is 16.2. The van der Waals surface area contributed by atoms with E-state index in [0.29, 0.717) is 11.8 Å². The molecule has 60 heavy (non-hydrogen) atoms. The maximum Gasteiger partial charge on any atom is 0.0159 e. The molecular weight excluding hydrogens is 721 g/mol. The molecule has 0 radical (unpaired) electrons. The van der Waals surface area contributed by atoms with Crippen molar-refractivity contribution in [2.24, 2.45) is 5.92 Å². The first-order chi connectivity index (χ1) is 29.3. The average Bonchev–Trinajstić information content (AvgIpc) is 3.66. The van der Waals surface area contributed by atoms with E-state index < -0.39 is 0 Å². The van der Waals surface area contributed by atoms with Crippen molar-refractivity contribution in [1.29, 1.82) is 0 Å². The highest BCUT2D eigenvalue weighted by atomic mass is 14.5. The lowest BCUT2D eigenvalue weighted by Crippen LogP contribution is -2.24. The van der Waals surface area contributed by atoms with Crippen LogP contribution >= 0.6 is 0 Å². The molecule has 12 rings (SSSR count). The molecule has 3 aliphatic rings. The Kier molecular flexibility index (Phi) is 7.55. The van der Waals surface area contributed by atoms with Gasteiger partial charge in [-0.25, -0.2) is 0 Å². The van der Waals surface area contributed by atoms with Gasteiger partial charge in [0.05, 0.1) is 0 Å². The van der Waals surface area contributed by atoms with E-state index in [2.05, 4.69) is 222 Å². The summed E-state index contributed by atoms with van der Waals surface area (Å²) in [6.45, 7) is 9.63. The van der Waals surface area contributed by atoms with Crippen LogP contribution in [0.15, 0.2) is 194 Å². The molecule has 0 saturated carbocycles. The van der Waals surface area contributed by atoms with Crippen LogP contribution in [0.4, 0.5) is 0 Å². The highest BCUT2D eigenvalue weighted by Gasteiger charge is 2.44. The second-order valence-corrected chi connectivity index (χ2v) is 18.5. The van der Waals surface area contributed by atoms with Crippen molar-refractivity contribution >= 4 is 32.3 Å². The van der Waals surface area contributed by atoms with Gasteiger partial charge in [0.25, 0.3) is 0 Å². The predicted molar refractivity (Wildman–Crippen MR) is 256 cm³/mol. The van der Waals surface area contributed by atoms with E-state index in [1.807, 2.05) is 0 Å². The molecule has 0 bridgehead atoms. The zero-order chi connectivity index (χ0) is 40.3. The number of benzene rings is 9. The number of hydrogen-bond donors (Lipinski definition) is 0. The summed E-state index contributed by atoms with van der Waals surface area (Å²) in [4.78, 5) is 0. The maximum absolute atomic E-state index is 2.54.